The van der Waals surface area contributed by atoms with Gasteiger partial charge in [0, 0.05) is 43.8 Å². The maximum absolute atomic E-state index is 13.2. The molecule has 1 aliphatic rings. The highest BCUT2D eigenvalue weighted by Crippen LogP contribution is 2.31. The number of carbonyl (C=O) groups excluding carboxylic acids is 1. The Hall–Kier alpha value is -2.79. The van der Waals surface area contributed by atoms with E-state index in [0.717, 1.165) is 48.1 Å². The van der Waals surface area contributed by atoms with Crippen molar-refractivity contribution in [1.82, 2.24) is 9.47 Å². The van der Waals surface area contributed by atoms with E-state index >= 15 is 0 Å². The fourth-order valence-electron chi connectivity index (χ4n) is 4.23. The summed E-state index contributed by atoms with van der Waals surface area (Å²) in [6.45, 7) is 2.11. The largest absolute Gasteiger partial charge is 0.497 e. The van der Waals surface area contributed by atoms with Gasteiger partial charge in [-0.3, -0.25) is 4.79 Å². The first-order chi connectivity index (χ1) is 13.6. The van der Waals surface area contributed by atoms with Gasteiger partial charge in [-0.05, 0) is 48.1 Å². The second kappa shape index (κ2) is 7.68. The Kier molecular flexibility index (Phi) is 5.09. The smallest absolute Gasteiger partial charge is 0.256 e. The first-order valence-corrected chi connectivity index (χ1v) is 9.82. The van der Waals surface area contributed by atoms with Crippen molar-refractivity contribution >= 4 is 16.8 Å². The zero-order valence-electron chi connectivity index (χ0n) is 16.5. The van der Waals surface area contributed by atoms with Gasteiger partial charge in [0.05, 0.1) is 12.7 Å². The highest BCUT2D eigenvalue weighted by Gasteiger charge is 2.26. The number of hydrogen-bond acceptors (Lipinski definition) is 3. The number of carbonyl (C=O) groups is 1. The molecular weight excluding hydrogens is 350 g/mol. The third kappa shape index (κ3) is 3.38. The molecule has 1 fully saturated rings. The number of likely N-dealkylation sites (tertiary alicyclic amines) is 1. The molecule has 2 N–H and O–H groups in total. The molecule has 5 heteroatoms. The SMILES string of the molecule is COc1ccc2c(c1)c(C(=O)N1CCC(c3cccc(CN)c3)CC1)cn2C. The van der Waals surface area contributed by atoms with E-state index in [1.54, 1.807) is 7.11 Å². The molecule has 5 nitrogen and oxygen atoms in total. The summed E-state index contributed by atoms with van der Waals surface area (Å²) in [5, 5.41) is 0.949. The van der Waals surface area contributed by atoms with Gasteiger partial charge in [0.1, 0.15) is 5.75 Å². The van der Waals surface area contributed by atoms with Crippen LogP contribution < -0.4 is 10.5 Å². The molecule has 0 radical (unpaired) electrons. The first kappa shape index (κ1) is 18.6. The average molecular weight is 377 g/mol. The van der Waals surface area contributed by atoms with Gasteiger partial charge in [-0.25, -0.2) is 0 Å². The number of nitrogens with two attached hydrogens (primary N) is 1. The predicted molar refractivity (Wildman–Crippen MR) is 112 cm³/mol. The molecule has 0 atom stereocenters. The third-order valence-corrected chi connectivity index (χ3v) is 5.87. The van der Waals surface area contributed by atoms with Crippen LogP contribution in [0.4, 0.5) is 0 Å². The third-order valence-electron chi connectivity index (χ3n) is 5.87. The van der Waals surface area contributed by atoms with Crippen molar-refractivity contribution in [1.29, 1.82) is 0 Å². The van der Waals surface area contributed by atoms with Gasteiger partial charge < -0.3 is 19.9 Å². The van der Waals surface area contributed by atoms with E-state index in [-0.39, 0.29) is 5.91 Å². The molecule has 0 unspecified atom stereocenters. The summed E-state index contributed by atoms with van der Waals surface area (Å²) >= 11 is 0. The molecule has 0 bridgehead atoms. The topological polar surface area (TPSA) is 60.5 Å². The number of methoxy groups -OCH3 is 1. The number of hydrogen-bond donors (Lipinski definition) is 1. The minimum absolute atomic E-state index is 0.105. The number of fused-ring (bicyclic) bond motifs is 1. The second-order valence-electron chi connectivity index (χ2n) is 7.55. The zero-order chi connectivity index (χ0) is 19.7. The molecule has 2 aromatic carbocycles. The summed E-state index contributed by atoms with van der Waals surface area (Å²) < 4.78 is 7.36. The van der Waals surface area contributed by atoms with E-state index in [4.69, 9.17) is 10.5 Å². The minimum Gasteiger partial charge on any atom is -0.497 e. The van der Waals surface area contributed by atoms with Crippen LogP contribution in [0.2, 0.25) is 0 Å². The number of amides is 1. The van der Waals surface area contributed by atoms with Crippen LogP contribution in [-0.2, 0) is 13.6 Å². The molecule has 2 heterocycles. The summed E-state index contributed by atoms with van der Waals surface area (Å²) in [7, 11) is 3.62. The van der Waals surface area contributed by atoms with Crippen molar-refractivity contribution in [3.63, 3.8) is 0 Å². The lowest BCUT2D eigenvalue weighted by Gasteiger charge is -2.32. The van der Waals surface area contributed by atoms with E-state index in [2.05, 4.69) is 24.3 Å². The lowest BCUT2D eigenvalue weighted by atomic mass is 9.88. The summed E-state index contributed by atoms with van der Waals surface area (Å²) in [5.41, 5.74) is 10.1. The van der Waals surface area contributed by atoms with Gasteiger partial charge in [-0.1, -0.05) is 24.3 Å². The Bertz CT molecular complexity index is 1000. The molecule has 0 saturated carbocycles. The van der Waals surface area contributed by atoms with Gasteiger partial charge >= 0.3 is 0 Å². The Morgan fingerprint density at radius 2 is 1.96 bits per heavy atom. The van der Waals surface area contributed by atoms with Crippen molar-refractivity contribution in [2.75, 3.05) is 20.2 Å². The molecular formula is C23H27N3O2. The van der Waals surface area contributed by atoms with Crippen molar-refractivity contribution in [2.45, 2.75) is 25.3 Å². The molecule has 1 aromatic heterocycles. The van der Waals surface area contributed by atoms with Crippen LogP contribution in [0.1, 0.15) is 40.2 Å². The van der Waals surface area contributed by atoms with E-state index in [9.17, 15) is 4.79 Å². The molecule has 4 rings (SSSR count). The van der Waals surface area contributed by atoms with Crippen LogP contribution in [0.5, 0.6) is 5.75 Å². The van der Waals surface area contributed by atoms with Gasteiger partial charge in [0.15, 0.2) is 0 Å². The number of piperidine rings is 1. The van der Waals surface area contributed by atoms with Crippen molar-refractivity contribution in [2.24, 2.45) is 12.8 Å². The number of rotatable bonds is 4. The molecule has 0 aliphatic carbocycles. The summed E-state index contributed by atoms with van der Waals surface area (Å²) in [6.07, 6.45) is 3.89. The van der Waals surface area contributed by atoms with Crippen molar-refractivity contribution in [3.8, 4) is 5.75 Å². The fourth-order valence-corrected chi connectivity index (χ4v) is 4.23. The first-order valence-electron chi connectivity index (χ1n) is 9.82. The standard InChI is InChI=1S/C23H27N3O2/c1-25-15-21(20-13-19(28-2)6-7-22(20)25)23(27)26-10-8-17(9-11-26)18-5-3-4-16(12-18)14-24/h3-7,12-13,15,17H,8-11,14,24H2,1-2H3. The van der Waals surface area contributed by atoms with Gasteiger partial charge in [-0.15, -0.1) is 0 Å². The Balaban J connectivity index is 1.52. The minimum atomic E-state index is 0.105. The molecule has 28 heavy (non-hydrogen) atoms. The Labute approximate surface area is 165 Å². The summed E-state index contributed by atoms with van der Waals surface area (Å²) in [5.74, 6) is 1.36. The number of aromatic nitrogens is 1. The van der Waals surface area contributed by atoms with Crippen LogP contribution in [0.3, 0.4) is 0 Å². The van der Waals surface area contributed by atoms with Crippen molar-refractivity contribution < 1.29 is 9.53 Å². The van der Waals surface area contributed by atoms with Crippen LogP contribution in [0.25, 0.3) is 10.9 Å². The molecule has 1 amide bonds. The summed E-state index contributed by atoms with van der Waals surface area (Å²) in [4.78, 5) is 15.2. The van der Waals surface area contributed by atoms with E-state index < -0.39 is 0 Å². The van der Waals surface area contributed by atoms with Crippen LogP contribution in [0.15, 0.2) is 48.7 Å². The lowest BCUT2D eigenvalue weighted by molar-refractivity contribution is 0.0715. The average Bonchev–Trinajstić information content (AvgIpc) is 3.09. The molecule has 1 aliphatic heterocycles. The van der Waals surface area contributed by atoms with Crippen LogP contribution >= 0.6 is 0 Å². The highest BCUT2D eigenvalue weighted by molar-refractivity contribution is 6.07. The molecule has 0 spiro atoms. The lowest BCUT2D eigenvalue weighted by Crippen LogP contribution is -2.37. The van der Waals surface area contributed by atoms with Crippen LogP contribution in [0, 0.1) is 0 Å². The van der Waals surface area contributed by atoms with Crippen LogP contribution in [-0.4, -0.2) is 35.6 Å². The zero-order valence-corrected chi connectivity index (χ0v) is 16.5. The Morgan fingerprint density at radius 1 is 1.18 bits per heavy atom. The predicted octanol–water partition coefficient (Wildman–Crippen LogP) is 3.67. The Morgan fingerprint density at radius 3 is 2.68 bits per heavy atom. The quantitative estimate of drug-likeness (QED) is 0.755. The van der Waals surface area contributed by atoms with Gasteiger partial charge in [-0.2, -0.15) is 0 Å². The van der Waals surface area contributed by atoms with Gasteiger partial charge in [0.2, 0.25) is 0 Å². The highest BCUT2D eigenvalue weighted by atomic mass is 16.5. The molecule has 1 saturated heterocycles. The maximum Gasteiger partial charge on any atom is 0.256 e. The second-order valence-corrected chi connectivity index (χ2v) is 7.55. The molecule has 146 valence electrons. The normalized spacial score (nSPS) is 15.2. The van der Waals surface area contributed by atoms with Crippen molar-refractivity contribution in [3.05, 3.63) is 65.4 Å². The maximum atomic E-state index is 13.2. The summed E-state index contributed by atoms with van der Waals surface area (Å²) in [6, 6.07) is 14.4. The fraction of sp³-hybridized carbons (Fsp3) is 0.348. The number of nitrogens with zero attached hydrogens (tertiary/aromatic N) is 2. The monoisotopic (exact) mass is 377 g/mol. The van der Waals surface area contributed by atoms with Gasteiger partial charge in [0.25, 0.3) is 5.91 Å². The van der Waals surface area contributed by atoms with E-state index in [1.807, 2.05) is 40.9 Å². The number of ether oxygens (including phenoxy) is 1. The molecule has 3 aromatic rings. The number of aryl methyl sites for hydroxylation is 1. The van der Waals surface area contributed by atoms with E-state index in [0.29, 0.717) is 12.5 Å². The number of benzene rings is 2. The van der Waals surface area contributed by atoms with E-state index in [1.165, 1.54) is 11.1 Å².